The van der Waals surface area contributed by atoms with E-state index < -0.39 is 5.97 Å². The van der Waals surface area contributed by atoms with Crippen molar-refractivity contribution < 1.29 is 18.7 Å². The lowest BCUT2D eigenvalue weighted by molar-refractivity contribution is -0.140. The van der Waals surface area contributed by atoms with Gasteiger partial charge in [0.1, 0.15) is 5.82 Å². The van der Waals surface area contributed by atoms with Crippen molar-refractivity contribution in [2.24, 2.45) is 0 Å². The van der Waals surface area contributed by atoms with Gasteiger partial charge in [0.2, 0.25) is 5.91 Å². The molecule has 2 aromatic carbocycles. The van der Waals surface area contributed by atoms with Crippen LogP contribution in [-0.4, -0.2) is 23.4 Å². The first kappa shape index (κ1) is 19.8. The fraction of sp³-hybridized carbons (Fsp3) is 0.304. The van der Waals surface area contributed by atoms with E-state index >= 15 is 0 Å². The van der Waals surface area contributed by atoms with Crippen LogP contribution in [0.2, 0.25) is 0 Å². The third kappa shape index (κ3) is 4.14. The fourth-order valence-electron chi connectivity index (χ4n) is 3.71. The Hall–Kier alpha value is -2.95. The van der Waals surface area contributed by atoms with E-state index in [4.69, 9.17) is 4.74 Å². The van der Waals surface area contributed by atoms with Gasteiger partial charge in [-0.15, -0.1) is 0 Å². The minimum absolute atomic E-state index is 0.0805. The van der Waals surface area contributed by atoms with Crippen molar-refractivity contribution in [3.8, 4) is 0 Å². The van der Waals surface area contributed by atoms with Crippen molar-refractivity contribution in [3.63, 3.8) is 0 Å². The monoisotopic (exact) mass is 381 g/mol. The second kappa shape index (κ2) is 8.83. The van der Waals surface area contributed by atoms with Crippen molar-refractivity contribution >= 4 is 11.9 Å². The number of esters is 1. The molecule has 1 aliphatic heterocycles. The van der Waals surface area contributed by atoms with Crippen LogP contribution >= 0.6 is 0 Å². The maximum atomic E-state index is 13.6. The summed E-state index contributed by atoms with van der Waals surface area (Å²) in [7, 11) is 0. The van der Waals surface area contributed by atoms with Gasteiger partial charge in [0.05, 0.1) is 18.7 Å². The summed E-state index contributed by atoms with van der Waals surface area (Å²) in [6, 6.07) is 15.7. The van der Waals surface area contributed by atoms with Crippen LogP contribution in [0.5, 0.6) is 0 Å². The molecule has 0 aliphatic carbocycles. The third-order valence-electron chi connectivity index (χ3n) is 4.93. The van der Waals surface area contributed by atoms with Crippen molar-refractivity contribution in [2.75, 3.05) is 6.61 Å². The van der Waals surface area contributed by atoms with E-state index in [9.17, 15) is 14.0 Å². The molecule has 4 nitrogen and oxygen atoms in total. The van der Waals surface area contributed by atoms with Crippen LogP contribution in [0.3, 0.4) is 0 Å². The van der Waals surface area contributed by atoms with Gasteiger partial charge in [-0.1, -0.05) is 49.4 Å². The van der Waals surface area contributed by atoms with E-state index in [0.717, 1.165) is 5.56 Å². The van der Waals surface area contributed by atoms with Gasteiger partial charge in [0.25, 0.3) is 0 Å². The number of hydrogen-bond donors (Lipinski definition) is 0. The minimum Gasteiger partial charge on any atom is -0.463 e. The molecule has 0 N–H and O–H groups in total. The average Bonchev–Trinajstić information content (AvgIpc) is 2.69. The van der Waals surface area contributed by atoms with Crippen molar-refractivity contribution in [3.05, 3.63) is 82.8 Å². The molecule has 28 heavy (non-hydrogen) atoms. The number of halogens is 1. The summed E-state index contributed by atoms with van der Waals surface area (Å²) in [5.74, 6) is -1.17. The first-order valence-electron chi connectivity index (χ1n) is 9.55. The molecule has 3 rings (SSSR count). The Morgan fingerprint density at radius 1 is 1.14 bits per heavy atom. The van der Waals surface area contributed by atoms with Crippen LogP contribution in [-0.2, 0) is 20.9 Å². The number of hydrogen-bond acceptors (Lipinski definition) is 3. The van der Waals surface area contributed by atoms with Gasteiger partial charge in [-0.2, -0.15) is 0 Å². The van der Waals surface area contributed by atoms with Gasteiger partial charge < -0.3 is 9.64 Å². The first-order valence-corrected chi connectivity index (χ1v) is 9.55. The van der Waals surface area contributed by atoms with E-state index in [1.54, 1.807) is 24.0 Å². The lowest BCUT2D eigenvalue weighted by Gasteiger charge is -2.35. The Balaban J connectivity index is 2.07. The Bertz CT molecular complexity index is 892. The van der Waals surface area contributed by atoms with Gasteiger partial charge in [-0.3, -0.25) is 4.79 Å². The molecule has 0 radical (unpaired) electrons. The van der Waals surface area contributed by atoms with Crippen LogP contribution in [0.4, 0.5) is 4.39 Å². The summed E-state index contributed by atoms with van der Waals surface area (Å²) in [4.78, 5) is 27.4. The fourth-order valence-corrected chi connectivity index (χ4v) is 3.71. The zero-order chi connectivity index (χ0) is 20.1. The van der Waals surface area contributed by atoms with E-state index in [2.05, 4.69) is 0 Å². The highest BCUT2D eigenvalue weighted by Gasteiger charge is 2.37. The Labute approximate surface area is 164 Å². The maximum absolute atomic E-state index is 13.6. The van der Waals surface area contributed by atoms with Crippen LogP contribution in [0, 0.1) is 5.82 Å². The molecule has 146 valence electrons. The van der Waals surface area contributed by atoms with Crippen molar-refractivity contribution in [1.82, 2.24) is 4.90 Å². The number of carbonyl (C=O) groups is 2. The normalized spacial score (nSPS) is 17.0. The Morgan fingerprint density at radius 3 is 2.54 bits per heavy atom. The third-order valence-corrected chi connectivity index (χ3v) is 4.93. The number of allylic oxidation sites excluding steroid dienone is 1. The lowest BCUT2D eigenvalue weighted by Crippen LogP contribution is -2.38. The van der Waals surface area contributed by atoms with Gasteiger partial charge in [0.15, 0.2) is 0 Å². The molecule has 0 saturated heterocycles. The first-order chi connectivity index (χ1) is 13.5. The van der Waals surface area contributed by atoms with Gasteiger partial charge in [-0.05, 0) is 36.6 Å². The summed E-state index contributed by atoms with van der Waals surface area (Å²) in [6.45, 7) is 4.16. The van der Waals surface area contributed by atoms with E-state index in [-0.39, 0.29) is 37.2 Å². The molecule has 5 heteroatoms. The average molecular weight is 381 g/mol. The summed E-state index contributed by atoms with van der Waals surface area (Å²) in [5, 5.41) is 0. The molecule has 1 amide bonds. The Kier molecular flexibility index (Phi) is 6.24. The van der Waals surface area contributed by atoms with Gasteiger partial charge in [0, 0.05) is 18.0 Å². The molecule has 0 aromatic heterocycles. The summed E-state index contributed by atoms with van der Waals surface area (Å²) in [6.07, 6.45) is 0.676. The molecule has 1 heterocycles. The quantitative estimate of drug-likeness (QED) is 0.689. The number of rotatable bonds is 6. The zero-order valence-electron chi connectivity index (χ0n) is 16.2. The summed E-state index contributed by atoms with van der Waals surface area (Å²) < 4.78 is 18.9. The van der Waals surface area contributed by atoms with Crippen LogP contribution in [0.25, 0.3) is 0 Å². The summed E-state index contributed by atoms with van der Waals surface area (Å²) >= 11 is 0. The molecule has 1 atom stereocenters. The number of carbonyl (C=O) groups excluding carboxylic acids is 2. The topological polar surface area (TPSA) is 46.6 Å². The number of ether oxygens (including phenoxy) is 1. The highest BCUT2D eigenvalue weighted by Crippen LogP contribution is 2.38. The zero-order valence-corrected chi connectivity index (χ0v) is 16.2. The molecule has 0 spiro atoms. The number of nitrogens with zero attached hydrogens (tertiary/aromatic N) is 1. The number of amides is 1. The maximum Gasteiger partial charge on any atom is 0.336 e. The predicted molar refractivity (Wildman–Crippen MR) is 105 cm³/mol. The highest BCUT2D eigenvalue weighted by molar-refractivity contribution is 5.96. The van der Waals surface area contributed by atoms with E-state index in [0.29, 0.717) is 23.3 Å². The second-order valence-electron chi connectivity index (χ2n) is 6.71. The van der Waals surface area contributed by atoms with Crippen LogP contribution < -0.4 is 0 Å². The van der Waals surface area contributed by atoms with Crippen molar-refractivity contribution in [1.29, 1.82) is 0 Å². The van der Waals surface area contributed by atoms with E-state index in [1.165, 1.54) is 12.1 Å². The standard InChI is InChI=1S/C23H24FNO3/c1-3-20-22(23(27)28-4-2)19(17-10-6-5-7-11-17)14-21(26)25(20)15-16-9-8-12-18(24)13-16/h5-13,19H,3-4,14-15H2,1-2H3. The van der Waals surface area contributed by atoms with Crippen LogP contribution in [0.15, 0.2) is 65.9 Å². The molecule has 1 unspecified atom stereocenters. The summed E-state index contributed by atoms with van der Waals surface area (Å²) in [5.41, 5.74) is 2.76. The number of benzene rings is 2. The van der Waals surface area contributed by atoms with Crippen LogP contribution in [0.1, 0.15) is 43.7 Å². The molecule has 0 bridgehead atoms. The van der Waals surface area contributed by atoms with E-state index in [1.807, 2.05) is 37.3 Å². The predicted octanol–water partition coefficient (Wildman–Crippen LogP) is 4.57. The Morgan fingerprint density at radius 2 is 1.89 bits per heavy atom. The van der Waals surface area contributed by atoms with Gasteiger partial charge in [-0.25, -0.2) is 9.18 Å². The SMILES string of the molecule is CCOC(=O)C1=C(CC)N(Cc2cccc(F)c2)C(=O)CC1c1ccccc1. The van der Waals surface area contributed by atoms with Gasteiger partial charge >= 0.3 is 5.97 Å². The molecular weight excluding hydrogens is 357 g/mol. The largest absolute Gasteiger partial charge is 0.463 e. The van der Waals surface area contributed by atoms with Crippen molar-refractivity contribution in [2.45, 2.75) is 39.2 Å². The molecule has 1 aliphatic rings. The highest BCUT2D eigenvalue weighted by atomic mass is 19.1. The minimum atomic E-state index is -0.398. The lowest BCUT2D eigenvalue weighted by atomic mass is 9.83. The molecular formula is C23H24FNO3. The molecule has 2 aromatic rings. The second-order valence-corrected chi connectivity index (χ2v) is 6.71. The molecule has 0 fully saturated rings. The molecule has 0 saturated carbocycles. The smallest absolute Gasteiger partial charge is 0.336 e.